The molecule has 0 bridgehead atoms. The van der Waals surface area contributed by atoms with Gasteiger partial charge >= 0.3 is 0 Å². The number of carbonyl (C=O) groups is 2. The molecule has 0 aliphatic heterocycles. The monoisotopic (exact) mass is 313 g/mol. The average Bonchev–Trinajstić information content (AvgIpc) is 2.46. The Bertz CT molecular complexity index is 411. The SMILES string of the molecule is CCOC1CC(N)(C(=O)NCCC(=O)NC(C)CC)C1(C)C. The fourth-order valence-corrected chi connectivity index (χ4v) is 2.72. The number of nitrogens with two attached hydrogens (primary N) is 1. The Morgan fingerprint density at radius 2 is 2.00 bits per heavy atom. The number of nitrogens with one attached hydrogen (secondary N) is 2. The molecule has 1 fully saturated rings. The molecule has 3 unspecified atom stereocenters. The lowest BCUT2D eigenvalue weighted by Crippen LogP contribution is -2.75. The number of hydrogen-bond donors (Lipinski definition) is 3. The number of hydrogen-bond acceptors (Lipinski definition) is 4. The molecule has 6 heteroatoms. The minimum atomic E-state index is -0.931. The first-order valence-electron chi connectivity index (χ1n) is 8.17. The van der Waals surface area contributed by atoms with Gasteiger partial charge in [0.1, 0.15) is 5.54 Å². The van der Waals surface area contributed by atoms with E-state index in [-0.39, 0.29) is 30.4 Å². The Morgan fingerprint density at radius 3 is 2.50 bits per heavy atom. The lowest BCUT2D eigenvalue weighted by molar-refractivity contribution is -0.170. The van der Waals surface area contributed by atoms with Crippen molar-refractivity contribution >= 4 is 11.8 Å². The Balaban J connectivity index is 2.42. The van der Waals surface area contributed by atoms with Gasteiger partial charge in [0.2, 0.25) is 11.8 Å². The summed E-state index contributed by atoms with van der Waals surface area (Å²) in [6.07, 6.45) is 1.67. The first kappa shape index (κ1) is 18.9. The fraction of sp³-hybridized carbons (Fsp3) is 0.875. The van der Waals surface area contributed by atoms with Gasteiger partial charge in [-0.25, -0.2) is 0 Å². The summed E-state index contributed by atoms with van der Waals surface area (Å²) in [7, 11) is 0. The summed E-state index contributed by atoms with van der Waals surface area (Å²) in [4.78, 5) is 24.0. The van der Waals surface area contributed by atoms with Crippen LogP contribution in [-0.4, -0.2) is 42.7 Å². The van der Waals surface area contributed by atoms with Gasteiger partial charge in [0.05, 0.1) is 6.10 Å². The summed E-state index contributed by atoms with van der Waals surface area (Å²) in [5.74, 6) is -0.259. The van der Waals surface area contributed by atoms with E-state index in [9.17, 15) is 9.59 Å². The van der Waals surface area contributed by atoms with E-state index in [1.807, 2.05) is 34.6 Å². The normalized spacial score (nSPS) is 27.6. The molecule has 1 rings (SSSR count). The molecule has 1 aliphatic carbocycles. The van der Waals surface area contributed by atoms with Crippen LogP contribution in [0.4, 0.5) is 0 Å². The Hall–Kier alpha value is -1.14. The van der Waals surface area contributed by atoms with Crippen molar-refractivity contribution < 1.29 is 14.3 Å². The van der Waals surface area contributed by atoms with E-state index < -0.39 is 11.0 Å². The quantitative estimate of drug-likeness (QED) is 0.622. The Labute approximate surface area is 133 Å². The topological polar surface area (TPSA) is 93.4 Å². The highest BCUT2D eigenvalue weighted by Gasteiger charge is 2.62. The largest absolute Gasteiger partial charge is 0.378 e. The van der Waals surface area contributed by atoms with Crippen LogP contribution in [0.25, 0.3) is 0 Å². The number of amides is 2. The van der Waals surface area contributed by atoms with E-state index in [0.717, 1.165) is 6.42 Å². The van der Waals surface area contributed by atoms with Crippen molar-refractivity contribution in [1.29, 1.82) is 0 Å². The minimum Gasteiger partial charge on any atom is -0.378 e. The molecule has 0 radical (unpaired) electrons. The molecule has 0 aromatic heterocycles. The van der Waals surface area contributed by atoms with Gasteiger partial charge in [0, 0.05) is 37.5 Å². The third-order valence-electron chi connectivity index (χ3n) is 4.89. The molecule has 0 heterocycles. The molecular formula is C16H31N3O3. The van der Waals surface area contributed by atoms with Gasteiger partial charge in [-0.3, -0.25) is 9.59 Å². The summed E-state index contributed by atoms with van der Waals surface area (Å²) >= 11 is 0. The second kappa shape index (κ2) is 7.42. The highest BCUT2D eigenvalue weighted by atomic mass is 16.5. The van der Waals surface area contributed by atoms with Crippen LogP contribution in [0.5, 0.6) is 0 Å². The van der Waals surface area contributed by atoms with Gasteiger partial charge in [-0.2, -0.15) is 0 Å². The second-order valence-corrected chi connectivity index (χ2v) is 6.72. The second-order valence-electron chi connectivity index (χ2n) is 6.72. The van der Waals surface area contributed by atoms with E-state index in [1.165, 1.54) is 0 Å². The molecule has 0 saturated heterocycles. The lowest BCUT2D eigenvalue weighted by Gasteiger charge is -2.57. The first-order valence-corrected chi connectivity index (χ1v) is 8.17. The van der Waals surface area contributed by atoms with Crippen LogP contribution in [0.3, 0.4) is 0 Å². The Morgan fingerprint density at radius 1 is 1.36 bits per heavy atom. The van der Waals surface area contributed by atoms with Crippen molar-refractivity contribution in [3.8, 4) is 0 Å². The third-order valence-corrected chi connectivity index (χ3v) is 4.89. The standard InChI is InChI=1S/C16H31N3O3/c1-6-11(3)19-13(20)8-9-18-14(21)16(17)10-12(22-7-2)15(16,4)5/h11-12H,6-10,17H2,1-5H3,(H,18,21)(H,19,20). The van der Waals surface area contributed by atoms with Gasteiger partial charge in [-0.15, -0.1) is 0 Å². The van der Waals surface area contributed by atoms with Gasteiger partial charge in [-0.05, 0) is 20.3 Å². The van der Waals surface area contributed by atoms with Crippen molar-refractivity contribution in [3.63, 3.8) is 0 Å². The minimum absolute atomic E-state index is 0.00181. The average molecular weight is 313 g/mol. The van der Waals surface area contributed by atoms with Gasteiger partial charge in [-0.1, -0.05) is 20.8 Å². The summed E-state index contributed by atoms with van der Waals surface area (Å²) < 4.78 is 5.61. The predicted octanol–water partition coefficient (Wildman–Crippen LogP) is 0.940. The molecule has 0 aromatic carbocycles. The van der Waals surface area contributed by atoms with Crippen LogP contribution in [0, 0.1) is 5.41 Å². The van der Waals surface area contributed by atoms with Crippen LogP contribution in [-0.2, 0) is 14.3 Å². The van der Waals surface area contributed by atoms with Crippen LogP contribution < -0.4 is 16.4 Å². The van der Waals surface area contributed by atoms with Gasteiger partial charge in [0.25, 0.3) is 0 Å². The van der Waals surface area contributed by atoms with Crippen molar-refractivity contribution in [2.45, 2.75) is 71.6 Å². The van der Waals surface area contributed by atoms with E-state index >= 15 is 0 Å². The van der Waals surface area contributed by atoms with Crippen LogP contribution >= 0.6 is 0 Å². The zero-order chi connectivity index (χ0) is 17.0. The van der Waals surface area contributed by atoms with Crippen LogP contribution in [0.2, 0.25) is 0 Å². The molecule has 128 valence electrons. The molecule has 4 N–H and O–H groups in total. The molecule has 1 saturated carbocycles. The molecule has 0 aromatic rings. The van der Waals surface area contributed by atoms with Crippen LogP contribution in [0.1, 0.15) is 53.9 Å². The van der Waals surface area contributed by atoms with Gasteiger partial charge < -0.3 is 21.1 Å². The molecule has 1 aliphatic rings. The van der Waals surface area contributed by atoms with E-state index in [2.05, 4.69) is 10.6 Å². The maximum absolute atomic E-state index is 12.3. The van der Waals surface area contributed by atoms with Gasteiger partial charge in [0.15, 0.2) is 0 Å². The zero-order valence-corrected chi connectivity index (χ0v) is 14.5. The highest BCUT2D eigenvalue weighted by Crippen LogP contribution is 2.49. The lowest BCUT2D eigenvalue weighted by atomic mass is 9.54. The van der Waals surface area contributed by atoms with Crippen molar-refractivity contribution in [3.05, 3.63) is 0 Å². The van der Waals surface area contributed by atoms with E-state index in [4.69, 9.17) is 10.5 Å². The smallest absolute Gasteiger partial charge is 0.240 e. The number of ether oxygens (including phenoxy) is 1. The third kappa shape index (κ3) is 3.79. The van der Waals surface area contributed by atoms with Crippen molar-refractivity contribution in [2.75, 3.05) is 13.2 Å². The maximum Gasteiger partial charge on any atom is 0.240 e. The zero-order valence-electron chi connectivity index (χ0n) is 14.5. The summed E-state index contributed by atoms with van der Waals surface area (Å²) in [6, 6.07) is 0.154. The molecular weight excluding hydrogens is 282 g/mol. The predicted molar refractivity (Wildman–Crippen MR) is 86.3 cm³/mol. The molecule has 22 heavy (non-hydrogen) atoms. The van der Waals surface area contributed by atoms with Crippen molar-refractivity contribution in [2.24, 2.45) is 11.1 Å². The highest BCUT2D eigenvalue weighted by molar-refractivity contribution is 5.89. The molecule has 0 spiro atoms. The summed E-state index contributed by atoms with van der Waals surface area (Å²) in [5.41, 5.74) is 4.93. The molecule has 3 atom stereocenters. The van der Waals surface area contributed by atoms with Crippen LogP contribution in [0.15, 0.2) is 0 Å². The summed E-state index contributed by atoms with van der Waals surface area (Å²) in [6.45, 7) is 10.7. The number of rotatable bonds is 8. The fourth-order valence-electron chi connectivity index (χ4n) is 2.72. The molecule has 6 nitrogen and oxygen atoms in total. The summed E-state index contributed by atoms with van der Waals surface area (Å²) in [5, 5.41) is 5.65. The number of carbonyl (C=O) groups excluding carboxylic acids is 2. The Kier molecular flexibility index (Phi) is 6.38. The van der Waals surface area contributed by atoms with Crippen molar-refractivity contribution in [1.82, 2.24) is 10.6 Å². The molecule has 2 amide bonds. The first-order chi connectivity index (χ1) is 10.2. The maximum atomic E-state index is 12.3. The van der Waals surface area contributed by atoms with E-state index in [0.29, 0.717) is 19.6 Å². The van der Waals surface area contributed by atoms with E-state index in [1.54, 1.807) is 0 Å².